The van der Waals surface area contributed by atoms with E-state index in [9.17, 15) is 14.7 Å². The summed E-state index contributed by atoms with van der Waals surface area (Å²) in [6.07, 6.45) is -0.782. The molecule has 6 nitrogen and oxygen atoms in total. The number of hydrogen-bond acceptors (Lipinski definition) is 5. The largest absolute Gasteiger partial charge is 0.460 e. The van der Waals surface area contributed by atoms with Crippen LogP contribution in [0.5, 0.6) is 0 Å². The Morgan fingerprint density at radius 3 is 2.10 bits per heavy atom. The van der Waals surface area contributed by atoms with Gasteiger partial charge in [-0.15, -0.1) is 0 Å². The molecule has 3 atom stereocenters. The molecule has 6 heteroatoms. The second kappa shape index (κ2) is 7.59. The number of esters is 1. The molecular formula is C14H28N2O4. The van der Waals surface area contributed by atoms with Crippen molar-refractivity contribution in [3.63, 3.8) is 0 Å². The summed E-state index contributed by atoms with van der Waals surface area (Å²) in [6, 6.07) is 0. The maximum absolute atomic E-state index is 11.9. The van der Waals surface area contributed by atoms with E-state index >= 15 is 0 Å². The molecule has 0 spiro atoms. The second-order valence-corrected chi connectivity index (χ2v) is 6.48. The normalized spacial score (nSPS) is 16.4. The SMILES string of the molecule is CC(C)C(CC(O)C(C)C(=O)OC(C)(C)C)C(=O)NN. The quantitative estimate of drug-likeness (QED) is 0.293. The molecule has 0 heterocycles. The highest BCUT2D eigenvalue weighted by Crippen LogP contribution is 2.22. The summed E-state index contributed by atoms with van der Waals surface area (Å²) in [7, 11) is 0. The van der Waals surface area contributed by atoms with E-state index in [1.807, 2.05) is 13.8 Å². The zero-order valence-corrected chi connectivity index (χ0v) is 13.3. The average molecular weight is 288 g/mol. The number of carbonyl (C=O) groups excluding carboxylic acids is 2. The third-order valence-corrected chi connectivity index (χ3v) is 3.13. The first-order valence-corrected chi connectivity index (χ1v) is 6.91. The fraction of sp³-hybridized carbons (Fsp3) is 0.857. The third kappa shape index (κ3) is 6.34. The Kier molecular flexibility index (Phi) is 7.16. The van der Waals surface area contributed by atoms with Crippen LogP contribution in [0.2, 0.25) is 0 Å². The lowest BCUT2D eigenvalue weighted by atomic mass is 9.86. The number of hydrazine groups is 1. The summed E-state index contributed by atoms with van der Waals surface area (Å²) in [4.78, 5) is 23.5. The number of ether oxygens (including phenoxy) is 1. The van der Waals surface area contributed by atoms with Crippen molar-refractivity contribution < 1.29 is 19.4 Å². The lowest BCUT2D eigenvalue weighted by molar-refractivity contribution is -0.164. The Labute approximate surface area is 121 Å². The standard InChI is InChI=1S/C14H28N2O4/c1-8(2)10(12(18)16-15)7-11(17)9(3)13(19)20-14(4,5)6/h8-11,17H,7,15H2,1-6H3,(H,16,18). The lowest BCUT2D eigenvalue weighted by Crippen LogP contribution is -2.41. The van der Waals surface area contributed by atoms with Gasteiger partial charge in [0.05, 0.1) is 12.0 Å². The van der Waals surface area contributed by atoms with Gasteiger partial charge in [-0.1, -0.05) is 13.8 Å². The van der Waals surface area contributed by atoms with E-state index < -0.39 is 29.5 Å². The number of carbonyl (C=O) groups is 2. The van der Waals surface area contributed by atoms with Gasteiger partial charge in [0.15, 0.2) is 0 Å². The molecule has 118 valence electrons. The highest BCUT2D eigenvalue weighted by atomic mass is 16.6. The Morgan fingerprint density at radius 1 is 1.25 bits per heavy atom. The molecule has 0 fully saturated rings. The van der Waals surface area contributed by atoms with E-state index in [4.69, 9.17) is 10.6 Å². The van der Waals surface area contributed by atoms with Gasteiger partial charge in [0.25, 0.3) is 0 Å². The van der Waals surface area contributed by atoms with Crippen molar-refractivity contribution in [3.8, 4) is 0 Å². The fourth-order valence-electron chi connectivity index (χ4n) is 1.81. The molecule has 0 radical (unpaired) electrons. The van der Waals surface area contributed by atoms with Crippen LogP contribution in [0.1, 0.15) is 48.0 Å². The molecule has 4 N–H and O–H groups in total. The van der Waals surface area contributed by atoms with E-state index in [1.54, 1.807) is 27.7 Å². The van der Waals surface area contributed by atoms with Gasteiger partial charge in [-0.05, 0) is 40.0 Å². The first kappa shape index (κ1) is 18.9. The van der Waals surface area contributed by atoms with Crippen molar-refractivity contribution >= 4 is 11.9 Å². The molecular weight excluding hydrogens is 260 g/mol. The van der Waals surface area contributed by atoms with Gasteiger partial charge in [-0.25, -0.2) is 5.84 Å². The molecule has 0 aromatic rings. The van der Waals surface area contributed by atoms with E-state index in [2.05, 4.69) is 5.43 Å². The highest BCUT2D eigenvalue weighted by molar-refractivity contribution is 5.78. The average Bonchev–Trinajstić information content (AvgIpc) is 2.31. The van der Waals surface area contributed by atoms with E-state index in [0.717, 1.165) is 0 Å². The summed E-state index contributed by atoms with van der Waals surface area (Å²) >= 11 is 0. The first-order chi connectivity index (χ1) is 8.99. The van der Waals surface area contributed by atoms with Crippen LogP contribution in [0, 0.1) is 17.8 Å². The topological polar surface area (TPSA) is 102 Å². The van der Waals surface area contributed by atoms with Crippen LogP contribution in [0.3, 0.4) is 0 Å². The van der Waals surface area contributed by atoms with Gasteiger partial charge in [0, 0.05) is 5.92 Å². The van der Waals surface area contributed by atoms with Crippen molar-refractivity contribution in [2.75, 3.05) is 0 Å². The van der Waals surface area contributed by atoms with Crippen LogP contribution < -0.4 is 11.3 Å². The van der Waals surface area contributed by atoms with Crippen molar-refractivity contribution in [1.29, 1.82) is 0 Å². The van der Waals surface area contributed by atoms with Gasteiger partial charge in [0.2, 0.25) is 5.91 Å². The Bertz CT molecular complexity index is 337. The highest BCUT2D eigenvalue weighted by Gasteiger charge is 2.32. The molecule has 3 unspecified atom stereocenters. The fourth-order valence-corrected chi connectivity index (χ4v) is 1.81. The molecule has 0 saturated carbocycles. The Morgan fingerprint density at radius 2 is 1.75 bits per heavy atom. The van der Waals surface area contributed by atoms with Gasteiger partial charge in [-0.2, -0.15) is 0 Å². The van der Waals surface area contributed by atoms with Gasteiger partial charge >= 0.3 is 5.97 Å². The number of hydrogen-bond donors (Lipinski definition) is 3. The van der Waals surface area contributed by atoms with Gasteiger partial charge in [0.1, 0.15) is 5.60 Å². The van der Waals surface area contributed by atoms with Crippen LogP contribution in [0.4, 0.5) is 0 Å². The summed E-state index contributed by atoms with van der Waals surface area (Å²) in [6.45, 7) is 10.6. The van der Waals surface area contributed by atoms with Gasteiger partial charge in [-0.3, -0.25) is 15.0 Å². The lowest BCUT2D eigenvalue weighted by Gasteiger charge is -2.27. The Hall–Kier alpha value is -1.14. The molecule has 0 aromatic heterocycles. The van der Waals surface area contributed by atoms with Crippen molar-refractivity contribution in [2.45, 2.75) is 59.7 Å². The predicted molar refractivity (Wildman–Crippen MR) is 76.3 cm³/mol. The summed E-state index contributed by atoms with van der Waals surface area (Å²) in [5.41, 5.74) is 1.49. The Balaban J connectivity index is 4.68. The third-order valence-electron chi connectivity index (χ3n) is 3.13. The monoisotopic (exact) mass is 288 g/mol. The zero-order chi connectivity index (χ0) is 16.1. The molecule has 1 amide bonds. The number of aliphatic hydroxyl groups excluding tert-OH is 1. The molecule has 0 aliphatic carbocycles. The molecule has 20 heavy (non-hydrogen) atoms. The smallest absolute Gasteiger partial charge is 0.311 e. The number of nitrogens with two attached hydrogens (primary N) is 1. The van der Waals surface area contributed by atoms with Crippen LogP contribution in [0.25, 0.3) is 0 Å². The van der Waals surface area contributed by atoms with Crippen molar-refractivity contribution in [3.05, 3.63) is 0 Å². The predicted octanol–water partition coefficient (Wildman–Crippen LogP) is 0.977. The molecule has 0 saturated heterocycles. The maximum Gasteiger partial charge on any atom is 0.311 e. The van der Waals surface area contributed by atoms with Crippen LogP contribution >= 0.6 is 0 Å². The number of aliphatic hydroxyl groups is 1. The maximum atomic E-state index is 11.9. The number of nitrogens with one attached hydrogen (secondary N) is 1. The minimum Gasteiger partial charge on any atom is -0.460 e. The van der Waals surface area contributed by atoms with Crippen LogP contribution in [-0.4, -0.2) is 28.7 Å². The van der Waals surface area contributed by atoms with Crippen molar-refractivity contribution in [1.82, 2.24) is 5.43 Å². The molecule has 0 aliphatic rings. The zero-order valence-electron chi connectivity index (χ0n) is 13.3. The first-order valence-electron chi connectivity index (χ1n) is 6.91. The van der Waals surface area contributed by atoms with E-state index in [1.165, 1.54) is 0 Å². The second-order valence-electron chi connectivity index (χ2n) is 6.48. The summed E-state index contributed by atoms with van der Waals surface area (Å²) in [5, 5.41) is 10.1. The summed E-state index contributed by atoms with van der Waals surface area (Å²) < 4.78 is 5.23. The van der Waals surface area contributed by atoms with Gasteiger partial charge < -0.3 is 9.84 Å². The van der Waals surface area contributed by atoms with Crippen LogP contribution in [-0.2, 0) is 14.3 Å². The summed E-state index contributed by atoms with van der Waals surface area (Å²) in [5.74, 6) is 3.20. The minimum absolute atomic E-state index is 0.0130. The molecule has 0 aromatic carbocycles. The molecule has 0 aliphatic heterocycles. The number of rotatable bonds is 6. The van der Waals surface area contributed by atoms with E-state index in [-0.39, 0.29) is 18.2 Å². The van der Waals surface area contributed by atoms with Crippen molar-refractivity contribution in [2.24, 2.45) is 23.6 Å². The van der Waals surface area contributed by atoms with E-state index in [0.29, 0.717) is 0 Å². The minimum atomic E-state index is -0.949. The molecule has 0 bridgehead atoms. The molecule has 0 rings (SSSR count). The number of amides is 1. The van der Waals surface area contributed by atoms with Crippen LogP contribution in [0.15, 0.2) is 0 Å².